The van der Waals surface area contributed by atoms with Crippen molar-refractivity contribution >= 4 is 23.2 Å². The second kappa shape index (κ2) is 5.50. The van der Waals surface area contributed by atoms with Crippen LogP contribution < -0.4 is 15.4 Å². The number of halogens is 1. The zero-order valence-corrected chi connectivity index (χ0v) is 12.0. The van der Waals surface area contributed by atoms with E-state index in [0.29, 0.717) is 31.3 Å². The lowest BCUT2D eigenvalue weighted by atomic mass is 10.2. The molecule has 0 saturated carbocycles. The summed E-state index contributed by atoms with van der Waals surface area (Å²) in [6.45, 7) is 3.04. The minimum atomic E-state index is 0.116. The number of likely N-dealkylation sites (tertiary alicyclic amines) is 1. The van der Waals surface area contributed by atoms with Gasteiger partial charge in [0.1, 0.15) is 12.4 Å². The molecule has 0 aromatic heterocycles. The molecular formula is C14H18ClN3O2. The first-order chi connectivity index (χ1) is 9.63. The molecule has 3 rings (SSSR count). The highest BCUT2D eigenvalue weighted by atomic mass is 35.5. The Labute approximate surface area is 123 Å². The van der Waals surface area contributed by atoms with Gasteiger partial charge in [-0.25, -0.2) is 0 Å². The van der Waals surface area contributed by atoms with Gasteiger partial charge in [0.25, 0.3) is 0 Å². The number of carbonyl (C=O) groups is 1. The number of hydrogen-bond donors (Lipinski definition) is 1. The number of amides is 1. The van der Waals surface area contributed by atoms with Crippen LogP contribution in [-0.2, 0) is 4.79 Å². The summed E-state index contributed by atoms with van der Waals surface area (Å²) < 4.78 is 5.59. The Hall–Kier alpha value is -1.46. The number of ether oxygens (including phenoxy) is 1. The highest BCUT2D eigenvalue weighted by Crippen LogP contribution is 2.33. The number of anilines is 1. The first kappa shape index (κ1) is 13.5. The average molecular weight is 296 g/mol. The number of nitrogens with two attached hydrogens (primary N) is 1. The molecule has 1 aromatic rings. The van der Waals surface area contributed by atoms with Crippen LogP contribution in [0.15, 0.2) is 18.2 Å². The Bertz CT molecular complexity index is 523. The third kappa shape index (κ3) is 2.69. The van der Waals surface area contributed by atoms with Crippen molar-refractivity contribution in [2.75, 3.05) is 37.7 Å². The van der Waals surface area contributed by atoms with E-state index >= 15 is 0 Å². The quantitative estimate of drug-likeness (QED) is 0.888. The first-order valence-electron chi connectivity index (χ1n) is 6.84. The molecule has 2 aliphatic heterocycles. The second-order valence-electron chi connectivity index (χ2n) is 5.27. The molecule has 0 bridgehead atoms. The van der Waals surface area contributed by atoms with Crippen LogP contribution in [0.25, 0.3) is 0 Å². The van der Waals surface area contributed by atoms with Crippen LogP contribution in [0.2, 0.25) is 5.02 Å². The monoisotopic (exact) mass is 295 g/mol. The van der Waals surface area contributed by atoms with Gasteiger partial charge in [-0.1, -0.05) is 11.6 Å². The van der Waals surface area contributed by atoms with Crippen LogP contribution in [0, 0.1) is 0 Å². The maximum atomic E-state index is 12.3. The first-order valence-corrected chi connectivity index (χ1v) is 7.22. The molecule has 2 N–H and O–H groups in total. The summed E-state index contributed by atoms with van der Waals surface area (Å²) in [4.78, 5) is 16.2. The van der Waals surface area contributed by atoms with Crippen LogP contribution in [0.1, 0.15) is 6.42 Å². The number of hydrogen-bond acceptors (Lipinski definition) is 4. The normalized spacial score (nSPS) is 21.6. The van der Waals surface area contributed by atoms with Crippen LogP contribution in [0.5, 0.6) is 5.75 Å². The summed E-state index contributed by atoms with van der Waals surface area (Å²) in [5.41, 5.74) is 6.74. The van der Waals surface area contributed by atoms with Crippen molar-refractivity contribution in [3.8, 4) is 5.75 Å². The summed E-state index contributed by atoms with van der Waals surface area (Å²) in [5, 5.41) is 0.648. The van der Waals surface area contributed by atoms with E-state index in [2.05, 4.69) is 0 Å². The van der Waals surface area contributed by atoms with Crippen molar-refractivity contribution < 1.29 is 9.53 Å². The number of benzene rings is 1. The summed E-state index contributed by atoms with van der Waals surface area (Å²) in [6.07, 6.45) is 0.886. The minimum Gasteiger partial charge on any atom is -0.490 e. The summed E-state index contributed by atoms with van der Waals surface area (Å²) in [7, 11) is 0. The summed E-state index contributed by atoms with van der Waals surface area (Å²) >= 11 is 6.03. The fraction of sp³-hybridized carbons (Fsp3) is 0.500. The molecule has 0 radical (unpaired) electrons. The van der Waals surface area contributed by atoms with Crippen molar-refractivity contribution in [2.45, 2.75) is 12.5 Å². The molecule has 1 saturated heterocycles. The average Bonchev–Trinajstić information content (AvgIpc) is 2.86. The minimum absolute atomic E-state index is 0.116. The fourth-order valence-corrected chi connectivity index (χ4v) is 2.85. The van der Waals surface area contributed by atoms with Crippen molar-refractivity contribution in [1.82, 2.24) is 4.90 Å². The summed E-state index contributed by atoms with van der Waals surface area (Å²) in [6, 6.07) is 5.61. The van der Waals surface area contributed by atoms with Crippen LogP contribution >= 0.6 is 11.6 Å². The topological polar surface area (TPSA) is 58.8 Å². The molecule has 2 aliphatic rings. The standard InChI is InChI=1S/C14H18ClN3O2/c15-10-1-2-13-12(7-10)17(5-6-20-13)9-14(19)18-4-3-11(16)8-18/h1-2,7,11H,3-6,8-9,16H2/t11-/m0/s1. The molecule has 20 heavy (non-hydrogen) atoms. The molecule has 0 spiro atoms. The summed E-state index contributed by atoms with van der Waals surface area (Å²) in [5.74, 6) is 0.900. The van der Waals surface area contributed by atoms with E-state index in [4.69, 9.17) is 22.1 Å². The molecule has 1 aromatic carbocycles. The predicted molar refractivity (Wildman–Crippen MR) is 78.3 cm³/mol. The van der Waals surface area contributed by atoms with Gasteiger partial charge < -0.3 is 20.3 Å². The molecule has 0 unspecified atom stereocenters. The zero-order chi connectivity index (χ0) is 14.1. The van der Waals surface area contributed by atoms with E-state index in [1.54, 1.807) is 6.07 Å². The van der Waals surface area contributed by atoms with E-state index < -0.39 is 0 Å². The molecular weight excluding hydrogens is 278 g/mol. The molecule has 2 heterocycles. The Morgan fingerprint density at radius 3 is 3.05 bits per heavy atom. The largest absolute Gasteiger partial charge is 0.490 e. The highest BCUT2D eigenvalue weighted by Gasteiger charge is 2.27. The Morgan fingerprint density at radius 2 is 2.30 bits per heavy atom. The molecule has 6 heteroatoms. The number of carbonyl (C=O) groups excluding carboxylic acids is 1. The van der Waals surface area contributed by atoms with Gasteiger partial charge in [-0.3, -0.25) is 4.79 Å². The smallest absolute Gasteiger partial charge is 0.242 e. The molecule has 1 atom stereocenters. The number of nitrogens with zero attached hydrogens (tertiary/aromatic N) is 2. The molecule has 0 aliphatic carbocycles. The van der Waals surface area contributed by atoms with Gasteiger partial charge in [0, 0.05) is 24.2 Å². The molecule has 108 valence electrons. The van der Waals surface area contributed by atoms with Crippen molar-refractivity contribution in [3.05, 3.63) is 23.2 Å². The fourth-order valence-electron chi connectivity index (χ4n) is 2.69. The van der Waals surface area contributed by atoms with Crippen molar-refractivity contribution in [2.24, 2.45) is 5.73 Å². The zero-order valence-electron chi connectivity index (χ0n) is 11.2. The molecule has 1 amide bonds. The lowest BCUT2D eigenvalue weighted by Gasteiger charge is -2.32. The Morgan fingerprint density at radius 1 is 1.45 bits per heavy atom. The SMILES string of the molecule is N[C@H]1CCN(C(=O)CN2CCOc3ccc(Cl)cc32)C1. The van der Waals surface area contributed by atoms with E-state index in [0.717, 1.165) is 24.4 Å². The van der Waals surface area contributed by atoms with Crippen LogP contribution in [-0.4, -0.2) is 49.6 Å². The van der Waals surface area contributed by atoms with E-state index in [9.17, 15) is 4.79 Å². The van der Waals surface area contributed by atoms with Gasteiger partial charge in [0.05, 0.1) is 18.8 Å². The van der Waals surface area contributed by atoms with Crippen LogP contribution in [0.3, 0.4) is 0 Å². The van der Waals surface area contributed by atoms with E-state index in [1.165, 1.54) is 0 Å². The van der Waals surface area contributed by atoms with Gasteiger partial charge in [-0.2, -0.15) is 0 Å². The third-order valence-electron chi connectivity index (χ3n) is 3.78. The van der Waals surface area contributed by atoms with E-state index in [-0.39, 0.29) is 11.9 Å². The van der Waals surface area contributed by atoms with Gasteiger partial charge in [-0.15, -0.1) is 0 Å². The van der Waals surface area contributed by atoms with Gasteiger partial charge in [0.15, 0.2) is 0 Å². The van der Waals surface area contributed by atoms with Gasteiger partial charge >= 0.3 is 0 Å². The number of fused-ring (bicyclic) bond motifs is 1. The number of rotatable bonds is 2. The molecule has 1 fully saturated rings. The van der Waals surface area contributed by atoms with Gasteiger partial charge in [-0.05, 0) is 24.6 Å². The Kier molecular flexibility index (Phi) is 3.72. The van der Waals surface area contributed by atoms with Gasteiger partial charge in [0.2, 0.25) is 5.91 Å². The van der Waals surface area contributed by atoms with Crippen molar-refractivity contribution in [3.63, 3.8) is 0 Å². The maximum absolute atomic E-state index is 12.3. The van der Waals surface area contributed by atoms with E-state index in [1.807, 2.05) is 21.9 Å². The Balaban J connectivity index is 1.73. The molecule has 5 nitrogen and oxygen atoms in total. The lowest BCUT2D eigenvalue weighted by molar-refractivity contribution is -0.128. The maximum Gasteiger partial charge on any atom is 0.242 e. The predicted octanol–water partition coefficient (Wildman–Crippen LogP) is 1.10. The second-order valence-corrected chi connectivity index (χ2v) is 5.71. The van der Waals surface area contributed by atoms with Crippen LogP contribution in [0.4, 0.5) is 5.69 Å². The van der Waals surface area contributed by atoms with Crippen molar-refractivity contribution in [1.29, 1.82) is 0 Å². The highest BCUT2D eigenvalue weighted by molar-refractivity contribution is 6.31. The lowest BCUT2D eigenvalue weighted by Crippen LogP contribution is -2.43. The third-order valence-corrected chi connectivity index (χ3v) is 4.02.